The zero-order valence-corrected chi connectivity index (χ0v) is 18.5. The Bertz CT molecular complexity index is 1280. The van der Waals surface area contributed by atoms with Gasteiger partial charge in [0.2, 0.25) is 0 Å². The summed E-state index contributed by atoms with van der Waals surface area (Å²) in [6.07, 6.45) is 5.95. The number of thioether (sulfide) groups is 1. The molecular formula is C24H19BrN2OS. The van der Waals surface area contributed by atoms with Crippen LogP contribution >= 0.6 is 27.7 Å². The van der Waals surface area contributed by atoms with Crippen LogP contribution in [0, 0.1) is 6.92 Å². The maximum absolute atomic E-state index is 13.3. The van der Waals surface area contributed by atoms with Gasteiger partial charge < -0.3 is 0 Å². The van der Waals surface area contributed by atoms with Crippen LogP contribution in [0.5, 0.6) is 0 Å². The van der Waals surface area contributed by atoms with Gasteiger partial charge in [-0.15, -0.1) is 11.8 Å². The van der Waals surface area contributed by atoms with Crippen molar-refractivity contribution in [3.05, 3.63) is 98.5 Å². The fourth-order valence-corrected chi connectivity index (χ4v) is 3.82. The van der Waals surface area contributed by atoms with Gasteiger partial charge in [-0.25, -0.2) is 4.98 Å². The lowest BCUT2D eigenvalue weighted by atomic mass is 10.2. The standard InChI is InChI=1S/C24H19BrN2OS/c1-16-15-18(10-13-21(16)25)27-23(14-9-17-7-11-19(29-2)12-8-17)26-22-6-4-3-5-20(22)24(27)28/h3-15H,1-2H3. The highest BCUT2D eigenvalue weighted by atomic mass is 79.9. The first-order valence-corrected chi connectivity index (χ1v) is 11.2. The van der Waals surface area contributed by atoms with Crippen LogP contribution in [0.4, 0.5) is 0 Å². The number of para-hydroxylation sites is 1. The predicted molar refractivity (Wildman–Crippen MR) is 127 cm³/mol. The molecule has 144 valence electrons. The molecule has 1 aromatic heterocycles. The van der Waals surface area contributed by atoms with E-state index in [1.165, 1.54) is 4.90 Å². The molecule has 3 aromatic carbocycles. The number of halogens is 1. The molecular weight excluding hydrogens is 444 g/mol. The molecule has 1 heterocycles. The smallest absolute Gasteiger partial charge is 0.266 e. The minimum atomic E-state index is -0.0743. The average molecular weight is 463 g/mol. The summed E-state index contributed by atoms with van der Waals surface area (Å²) in [6.45, 7) is 2.01. The second kappa shape index (κ2) is 8.39. The van der Waals surface area contributed by atoms with Crippen molar-refractivity contribution in [3.63, 3.8) is 0 Å². The van der Waals surface area contributed by atoms with E-state index in [0.29, 0.717) is 16.7 Å². The molecule has 5 heteroatoms. The van der Waals surface area contributed by atoms with E-state index in [9.17, 15) is 4.79 Å². The summed E-state index contributed by atoms with van der Waals surface area (Å²) < 4.78 is 2.68. The van der Waals surface area contributed by atoms with Crippen LogP contribution in [-0.2, 0) is 0 Å². The lowest BCUT2D eigenvalue weighted by molar-refractivity contribution is 0.941. The third kappa shape index (κ3) is 4.07. The van der Waals surface area contributed by atoms with Crippen LogP contribution < -0.4 is 5.56 Å². The van der Waals surface area contributed by atoms with E-state index in [1.54, 1.807) is 16.3 Å². The van der Waals surface area contributed by atoms with Crippen molar-refractivity contribution in [2.45, 2.75) is 11.8 Å². The van der Waals surface area contributed by atoms with Gasteiger partial charge in [0.05, 0.1) is 16.6 Å². The summed E-state index contributed by atoms with van der Waals surface area (Å²) in [5.74, 6) is 0.601. The molecule has 0 N–H and O–H groups in total. The molecule has 0 fully saturated rings. The molecule has 4 aromatic rings. The van der Waals surface area contributed by atoms with Gasteiger partial charge in [-0.05, 0) is 72.8 Å². The molecule has 0 saturated carbocycles. The largest absolute Gasteiger partial charge is 0.268 e. The van der Waals surface area contributed by atoms with Crippen molar-refractivity contribution < 1.29 is 0 Å². The second-order valence-electron chi connectivity index (χ2n) is 6.67. The number of aromatic nitrogens is 2. The third-order valence-electron chi connectivity index (χ3n) is 4.74. The Kier molecular flexibility index (Phi) is 5.69. The summed E-state index contributed by atoms with van der Waals surface area (Å²) >= 11 is 5.24. The van der Waals surface area contributed by atoms with E-state index in [-0.39, 0.29) is 5.56 Å². The average Bonchev–Trinajstić information content (AvgIpc) is 2.75. The highest BCUT2D eigenvalue weighted by Crippen LogP contribution is 2.22. The maximum atomic E-state index is 13.3. The van der Waals surface area contributed by atoms with E-state index in [2.05, 4.69) is 46.5 Å². The van der Waals surface area contributed by atoms with Gasteiger partial charge in [0.15, 0.2) is 0 Å². The summed E-state index contributed by atoms with van der Waals surface area (Å²) in [7, 11) is 0. The number of hydrogen-bond acceptors (Lipinski definition) is 3. The van der Waals surface area contributed by atoms with Gasteiger partial charge in [0, 0.05) is 9.37 Å². The van der Waals surface area contributed by atoms with E-state index >= 15 is 0 Å². The predicted octanol–water partition coefficient (Wildman–Crippen LogP) is 6.35. The summed E-state index contributed by atoms with van der Waals surface area (Å²) in [5, 5.41) is 0.606. The molecule has 0 bridgehead atoms. The molecule has 0 aliphatic rings. The topological polar surface area (TPSA) is 34.9 Å². The van der Waals surface area contributed by atoms with Gasteiger partial charge in [-0.1, -0.05) is 46.3 Å². The fraction of sp³-hybridized carbons (Fsp3) is 0.0833. The quantitative estimate of drug-likeness (QED) is 0.331. The Balaban J connectivity index is 1.90. The number of benzene rings is 3. The van der Waals surface area contributed by atoms with Crippen molar-refractivity contribution in [2.24, 2.45) is 0 Å². The van der Waals surface area contributed by atoms with E-state index < -0.39 is 0 Å². The highest BCUT2D eigenvalue weighted by Gasteiger charge is 2.11. The van der Waals surface area contributed by atoms with Gasteiger partial charge >= 0.3 is 0 Å². The molecule has 0 aliphatic heterocycles. The molecule has 4 rings (SSSR count). The number of nitrogens with zero attached hydrogens (tertiary/aromatic N) is 2. The zero-order chi connectivity index (χ0) is 20.4. The van der Waals surface area contributed by atoms with Crippen molar-refractivity contribution >= 4 is 50.7 Å². The first-order valence-electron chi connectivity index (χ1n) is 9.17. The zero-order valence-electron chi connectivity index (χ0n) is 16.1. The molecule has 0 spiro atoms. The van der Waals surface area contributed by atoms with Gasteiger partial charge in [0.1, 0.15) is 5.82 Å². The van der Waals surface area contributed by atoms with Gasteiger partial charge in [0.25, 0.3) is 5.56 Å². The van der Waals surface area contributed by atoms with E-state index in [4.69, 9.17) is 4.98 Å². The van der Waals surface area contributed by atoms with Crippen LogP contribution in [0.15, 0.2) is 80.9 Å². The van der Waals surface area contributed by atoms with Crippen LogP contribution in [0.25, 0.3) is 28.7 Å². The molecule has 3 nitrogen and oxygen atoms in total. The molecule has 29 heavy (non-hydrogen) atoms. The number of hydrogen-bond donors (Lipinski definition) is 0. The lowest BCUT2D eigenvalue weighted by Crippen LogP contribution is -2.22. The Morgan fingerprint density at radius 2 is 1.76 bits per heavy atom. The van der Waals surface area contributed by atoms with Crippen LogP contribution in [0.2, 0.25) is 0 Å². The Hall–Kier alpha value is -2.63. The van der Waals surface area contributed by atoms with Crippen molar-refractivity contribution in [1.82, 2.24) is 9.55 Å². The third-order valence-corrected chi connectivity index (χ3v) is 6.38. The van der Waals surface area contributed by atoms with Crippen LogP contribution in [0.1, 0.15) is 17.0 Å². The first-order chi connectivity index (χ1) is 14.1. The SMILES string of the molecule is CSc1ccc(C=Cc2nc3ccccc3c(=O)n2-c2ccc(Br)c(C)c2)cc1. The van der Waals surface area contributed by atoms with Gasteiger partial charge in [-0.3, -0.25) is 9.36 Å². The van der Waals surface area contributed by atoms with Gasteiger partial charge in [-0.2, -0.15) is 0 Å². The number of rotatable bonds is 4. The lowest BCUT2D eigenvalue weighted by Gasteiger charge is -2.12. The molecule has 0 atom stereocenters. The minimum Gasteiger partial charge on any atom is -0.268 e. The van der Waals surface area contributed by atoms with Crippen molar-refractivity contribution in [2.75, 3.05) is 6.26 Å². The number of fused-ring (bicyclic) bond motifs is 1. The Morgan fingerprint density at radius 3 is 2.48 bits per heavy atom. The first kappa shape index (κ1) is 19.7. The van der Waals surface area contributed by atoms with E-state index in [1.807, 2.05) is 61.5 Å². The number of aryl methyl sites for hydroxylation is 1. The summed E-state index contributed by atoms with van der Waals surface area (Å²) in [4.78, 5) is 19.3. The summed E-state index contributed by atoms with van der Waals surface area (Å²) in [5.41, 5.74) is 3.54. The van der Waals surface area contributed by atoms with Crippen LogP contribution in [-0.4, -0.2) is 15.8 Å². The van der Waals surface area contributed by atoms with Crippen molar-refractivity contribution in [3.8, 4) is 5.69 Å². The maximum Gasteiger partial charge on any atom is 0.266 e. The van der Waals surface area contributed by atoms with E-state index in [0.717, 1.165) is 21.3 Å². The second-order valence-corrected chi connectivity index (χ2v) is 8.40. The fourth-order valence-electron chi connectivity index (χ4n) is 3.16. The molecule has 0 saturated heterocycles. The molecule has 0 unspecified atom stereocenters. The summed E-state index contributed by atoms with van der Waals surface area (Å²) in [6, 6.07) is 21.6. The van der Waals surface area contributed by atoms with Crippen molar-refractivity contribution in [1.29, 1.82) is 0 Å². The monoisotopic (exact) mass is 462 g/mol. The molecule has 0 amide bonds. The Labute approximate surface area is 182 Å². The Morgan fingerprint density at radius 1 is 1.00 bits per heavy atom. The minimum absolute atomic E-state index is 0.0743. The molecule has 0 aliphatic carbocycles. The molecule has 0 radical (unpaired) electrons. The normalized spacial score (nSPS) is 11.4. The van der Waals surface area contributed by atoms with Crippen LogP contribution in [0.3, 0.4) is 0 Å². The highest BCUT2D eigenvalue weighted by molar-refractivity contribution is 9.10.